The van der Waals surface area contributed by atoms with Crippen LogP contribution in [0.25, 0.3) is 22.0 Å². The Labute approximate surface area is 203 Å². The predicted molar refractivity (Wildman–Crippen MR) is 135 cm³/mol. The Morgan fingerprint density at radius 1 is 0.857 bits per heavy atom. The highest BCUT2D eigenvalue weighted by molar-refractivity contribution is 5.96. The Hall–Kier alpha value is -4.13. The summed E-state index contributed by atoms with van der Waals surface area (Å²) < 4.78 is 24.2. The number of methoxy groups -OCH3 is 2. The molecule has 0 N–H and O–H groups in total. The van der Waals surface area contributed by atoms with Gasteiger partial charge in [0.15, 0.2) is 0 Å². The Morgan fingerprint density at radius 2 is 1.63 bits per heavy atom. The van der Waals surface area contributed by atoms with E-state index in [1.807, 2.05) is 42.5 Å². The summed E-state index contributed by atoms with van der Waals surface area (Å²) in [6.45, 7) is 2.48. The van der Waals surface area contributed by atoms with Crippen LogP contribution in [-0.4, -0.2) is 56.2 Å². The molecule has 0 aliphatic carbocycles. The van der Waals surface area contributed by atoms with Crippen LogP contribution >= 0.6 is 0 Å². The minimum absolute atomic E-state index is 0.0787. The first-order valence-corrected chi connectivity index (χ1v) is 11.5. The second-order valence-corrected chi connectivity index (χ2v) is 8.40. The lowest BCUT2D eigenvalue weighted by molar-refractivity contribution is 0.0746. The predicted octanol–water partition coefficient (Wildman–Crippen LogP) is 5.02. The number of amides is 1. The van der Waals surface area contributed by atoms with E-state index in [-0.39, 0.29) is 11.7 Å². The molecule has 0 atom stereocenters. The van der Waals surface area contributed by atoms with Gasteiger partial charge in [-0.15, -0.1) is 0 Å². The number of rotatable bonds is 5. The van der Waals surface area contributed by atoms with E-state index in [1.165, 1.54) is 24.3 Å². The fourth-order valence-corrected chi connectivity index (χ4v) is 4.46. The molecule has 2 heterocycles. The van der Waals surface area contributed by atoms with Crippen LogP contribution in [0.3, 0.4) is 0 Å². The number of anilines is 1. The van der Waals surface area contributed by atoms with Gasteiger partial charge in [-0.3, -0.25) is 4.79 Å². The highest BCUT2D eigenvalue weighted by Gasteiger charge is 2.23. The van der Waals surface area contributed by atoms with Crippen LogP contribution in [0.1, 0.15) is 10.4 Å². The van der Waals surface area contributed by atoms with Gasteiger partial charge in [-0.05, 0) is 48.5 Å². The van der Waals surface area contributed by atoms with Crippen molar-refractivity contribution in [2.45, 2.75) is 0 Å². The highest BCUT2D eigenvalue weighted by atomic mass is 19.1. The molecular weight excluding hydrogens is 445 g/mol. The number of pyridine rings is 1. The fourth-order valence-electron chi connectivity index (χ4n) is 4.46. The van der Waals surface area contributed by atoms with E-state index in [0.29, 0.717) is 31.7 Å². The molecule has 6 nitrogen and oxygen atoms in total. The molecule has 35 heavy (non-hydrogen) atoms. The fraction of sp³-hybridized carbons (Fsp3) is 0.214. The largest absolute Gasteiger partial charge is 0.497 e. The van der Waals surface area contributed by atoms with Crippen molar-refractivity contribution < 1.29 is 18.7 Å². The number of benzene rings is 3. The number of fused-ring (bicyclic) bond motifs is 1. The summed E-state index contributed by atoms with van der Waals surface area (Å²) in [5, 5.41) is 1.04. The van der Waals surface area contributed by atoms with Crippen LogP contribution in [0.2, 0.25) is 0 Å². The number of halogens is 1. The molecule has 1 saturated heterocycles. The third-order valence-corrected chi connectivity index (χ3v) is 6.39. The molecular formula is C28H26FN3O3. The van der Waals surface area contributed by atoms with Gasteiger partial charge in [-0.2, -0.15) is 0 Å². The number of hydrogen-bond donors (Lipinski definition) is 0. The Balaban J connectivity index is 1.40. The van der Waals surface area contributed by atoms with Gasteiger partial charge in [0.1, 0.15) is 23.1 Å². The van der Waals surface area contributed by atoms with Gasteiger partial charge in [0, 0.05) is 54.3 Å². The zero-order valence-corrected chi connectivity index (χ0v) is 19.7. The smallest absolute Gasteiger partial charge is 0.253 e. The van der Waals surface area contributed by atoms with E-state index in [0.717, 1.165) is 39.3 Å². The third-order valence-electron chi connectivity index (χ3n) is 6.39. The summed E-state index contributed by atoms with van der Waals surface area (Å²) >= 11 is 0. The van der Waals surface area contributed by atoms with Crippen molar-refractivity contribution in [1.29, 1.82) is 0 Å². The van der Waals surface area contributed by atoms with Gasteiger partial charge in [0.25, 0.3) is 5.91 Å². The van der Waals surface area contributed by atoms with Crippen LogP contribution in [0.4, 0.5) is 10.2 Å². The molecule has 4 aromatic rings. The molecule has 1 aliphatic heterocycles. The molecule has 0 saturated carbocycles. The van der Waals surface area contributed by atoms with Crippen molar-refractivity contribution in [2.75, 3.05) is 45.3 Å². The van der Waals surface area contributed by atoms with Crippen LogP contribution in [0.5, 0.6) is 11.5 Å². The Morgan fingerprint density at radius 3 is 2.34 bits per heavy atom. The number of carbonyl (C=O) groups excluding carboxylic acids is 1. The van der Waals surface area contributed by atoms with Crippen LogP contribution in [0, 0.1) is 5.82 Å². The van der Waals surface area contributed by atoms with Crippen molar-refractivity contribution in [3.63, 3.8) is 0 Å². The van der Waals surface area contributed by atoms with Crippen molar-refractivity contribution in [2.24, 2.45) is 0 Å². The lowest BCUT2D eigenvalue weighted by Gasteiger charge is -2.35. The van der Waals surface area contributed by atoms with E-state index in [9.17, 15) is 9.18 Å². The van der Waals surface area contributed by atoms with Crippen LogP contribution in [-0.2, 0) is 0 Å². The first kappa shape index (κ1) is 22.7. The molecule has 3 aromatic carbocycles. The number of piperazine rings is 1. The molecule has 1 aromatic heterocycles. The van der Waals surface area contributed by atoms with E-state index in [2.05, 4.69) is 11.0 Å². The Kier molecular flexibility index (Phi) is 6.23. The van der Waals surface area contributed by atoms with Crippen LogP contribution < -0.4 is 14.4 Å². The number of hydrogen-bond acceptors (Lipinski definition) is 5. The average molecular weight is 472 g/mol. The second kappa shape index (κ2) is 9.62. The maximum absolute atomic E-state index is 13.2. The summed E-state index contributed by atoms with van der Waals surface area (Å²) in [5.74, 6) is 1.89. The summed E-state index contributed by atoms with van der Waals surface area (Å²) in [5.41, 5.74) is 3.31. The summed E-state index contributed by atoms with van der Waals surface area (Å²) in [6.07, 6.45) is 0. The second-order valence-electron chi connectivity index (χ2n) is 8.40. The van der Waals surface area contributed by atoms with Gasteiger partial charge in [0.05, 0.1) is 19.7 Å². The van der Waals surface area contributed by atoms with Gasteiger partial charge in [0.2, 0.25) is 0 Å². The molecule has 0 spiro atoms. The molecule has 1 fully saturated rings. The molecule has 5 rings (SSSR count). The number of para-hydroxylation sites is 1. The summed E-state index contributed by atoms with van der Waals surface area (Å²) in [4.78, 5) is 21.8. The topological polar surface area (TPSA) is 54.9 Å². The molecule has 0 bridgehead atoms. The molecule has 0 unspecified atom stereocenters. The number of carbonyl (C=O) groups is 1. The Bertz CT molecular complexity index is 1370. The van der Waals surface area contributed by atoms with Crippen LogP contribution in [0.15, 0.2) is 72.8 Å². The van der Waals surface area contributed by atoms with E-state index in [1.54, 1.807) is 19.1 Å². The zero-order valence-electron chi connectivity index (χ0n) is 19.7. The maximum atomic E-state index is 13.2. The lowest BCUT2D eigenvalue weighted by atomic mass is 10.0. The minimum atomic E-state index is -0.347. The molecule has 178 valence electrons. The van der Waals surface area contributed by atoms with E-state index in [4.69, 9.17) is 14.5 Å². The first-order chi connectivity index (χ1) is 17.1. The average Bonchev–Trinajstić information content (AvgIpc) is 2.92. The maximum Gasteiger partial charge on any atom is 0.253 e. The van der Waals surface area contributed by atoms with E-state index >= 15 is 0 Å². The molecule has 7 heteroatoms. The van der Waals surface area contributed by atoms with Crippen molar-refractivity contribution >= 4 is 22.6 Å². The number of aromatic nitrogens is 1. The number of nitrogens with zero attached hydrogens (tertiary/aromatic N) is 3. The monoisotopic (exact) mass is 471 g/mol. The normalized spacial score (nSPS) is 13.7. The minimum Gasteiger partial charge on any atom is -0.497 e. The van der Waals surface area contributed by atoms with Gasteiger partial charge in [-0.25, -0.2) is 9.37 Å². The van der Waals surface area contributed by atoms with Gasteiger partial charge >= 0.3 is 0 Å². The van der Waals surface area contributed by atoms with Crippen molar-refractivity contribution in [3.8, 4) is 22.6 Å². The third kappa shape index (κ3) is 4.49. The first-order valence-electron chi connectivity index (χ1n) is 11.5. The lowest BCUT2D eigenvalue weighted by Crippen LogP contribution is -2.49. The van der Waals surface area contributed by atoms with Crippen molar-refractivity contribution in [1.82, 2.24) is 9.88 Å². The highest BCUT2D eigenvalue weighted by Crippen LogP contribution is 2.37. The van der Waals surface area contributed by atoms with E-state index < -0.39 is 0 Å². The number of ether oxygens (including phenoxy) is 2. The standard InChI is InChI=1S/C28H26FN3O3/c1-34-22-11-12-23(25(18-22)35-2)24-5-3-4-19-8-13-26(30-27(19)24)31-14-16-32(17-15-31)28(33)20-6-9-21(29)10-7-20/h3-13,18H,14-17H2,1-2H3. The van der Waals surface area contributed by atoms with Gasteiger partial charge < -0.3 is 19.3 Å². The van der Waals surface area contributed by atoms with Gasteiger partial charge in [-0.1, -0.05) is 18.2 Å². The van der Waals surface area contributed by atoms with Crippen molar-refractivity contribution in [3.05, 3.63) is 84.2 Å². The summed E-state index contributed by atoms with van der Waals surface area (Å²) in [6, 6.07) is 21.7. The molecule has 1 amide bonds. The quantitative estimate of drug-likeness (QED) is 0.409. The SMILES string of the molecule is COc1ccc(-c2cccc3ccc(N4CCN(C(=O)c5ccc(F)cc5)CC4)nc23)c(OC)c1. The summed E-state index contributed by atoms with van der Waals surface area (Å²) in [7, 11) is 3.28. The zero-order chi connectivity index (χ0) is 24.4. The molecule has 1 aliphatic rings. The molecule has 0 radical (unpaired) electrons.